The zero-order valence-corrected chi connectivity index (χ0v) is 12.3. The van der Waals surface area contributed by atoms with E-state index in [1.165, 1.54) is 0 Å². The third kappa shape index (κ3) is 3.33. The molecule has 1 unspecified atom stereocenters. The van der Waals surface area contributed by atoms with Crippen LogP contribution in [0.15, 0.2) is 24.3 Å². The van der Waals surface area contributed by atoms with E-state index < -0.39 is 11.9 Å². The quantitative estimate of drug-likeness (QED) is 0.933. The van der Waals surface area contributed by atoms with E-state index in [9.17, 15) is 9.90 Å². The average molecular weight is 296 g/mol. The molecule has 0 saturated carbocycles. The lowest BCUT2D eigenvalue weighted by Crippen LogP contribution is -2.14. The number of rotatable bonds is 4. The molecule has 0 spiro atoms. The van der Waals surface area contributed by atoms with Gasteiger partial charge in [0.05, 0.1) is 16.6 Å². The van der Waals surface area contributed by atoms with Crippen LogP contribution < -0.4 is 0 Å². The molecule has 1 N–H and O–H groups in total. The molecule has 2 rings (SSSR count). The van der Waals surface area contributed by atoms with Crippen LogP contribution in [-0.4, -0.2) is 16.1 Å². The van der Waals surface area contributed by atoms with Gasteiger partial charge in [-0.3, -0.25) is 4.79 Å². The molecule has 19 heavy (non-hydrogen) atoms. The van der Waals surface area contributed by atoms with Crippen molar-refractivity contribution in [3.63, 3.8) is 0 Å². The summed E-state index contributed by atoms with van der Waals surface area (Å²) < 4.78 is 0. The molecule has 0 aliphatic rings. The van der Waals surface area contributed by atoms with Gasteiger partial charge >= 0.3 is 5.97 Å². The fourth-order valence-electron chi connectivity index (χ4n) is 1.84. The monoisotopic (exact) mass is 295 g/mol. The molecule has 0 amide bonds. The highest BCUT2D eigenvalue weighted by Gasteiger charge is 2.22. The SMILES string of the molecule is Cc1nc(CC(C(=O)O)c2ccc(Cl)cc2)sc1C. The van der Waals surface area contributed by atoms with E-state index in [1.54, 1.807) is 35.6 Å². The first-order chi connectivity index (χ1) is 8.97. The van der Waals surface area contributed by atoms with E-state index in [4.69, 9.17) is 11.6 Å². The number of nitrogens with zero attached hydrogens (tertiary/aromatic N) is 1. The van der Waals surface area contributed by atoms with Gasteiger partial charge in [-0.15, -0.1) is 11.3 Å². The molecule has 0 radical (unpaired) electrons. The van der Waals surface area contributed by atoms with E-state index in [1.807, 2.05) is 13.8 Å². The summed E-state index contributed by atoms with van der Waals surface area (Å²) in [6, 6.07) is 6.94. The molecule has 0 fully saturated rings. The van der Waals surface area contributed by atoms with Gasteiger partial charge in [0.2, 0.25) is 0 Å². The molecule has 0 bridgehead atoms. The van der Waals surface area contributed by atoms with Crippen molar-refractivity contribution >= 4 is 28.9 Å². The van der Waals surface area contributed by atoms with Gasteiger partial charge in [-0.2, -0.15) is 0 Å². The van der Waals surface area contributed by atoms with Crippen molar-refractivity contribution in [3.8, 4) is 0 Å². The highest BCUT2D eigenvalue weighted by molar-refractivity contribution is 7.11. The molecule has 1 aromatic carbocycles. The Hall–Kier alpha value is -1.39. The van der Waals surface area contributed by atoms with Crippen molar-refractivity contribution < 1.29 is 9.90 Å². The molecule has 0 aliphatic carbocycles. The molecule has 2 aromatic rings. The normalized spacial score (nSPS) is 12.4. The lowest BCUT2D eigenvalue weighted by Gasteiger charge is -2.11. The molecule has 0 aliphatic heterocycles. The number of thiazole rings is 1. The maximum Gasteiger partial charge on any atom is 0.311 e. The van der Waals surface area contributed by atoms with Crippen molar-refractivity contribution in [2.75, 3.05) is 0 Å². The maximum absolute atomic E-state index is 11.4. The van der Waals surface area contributed by atoms with Crippen molar-refractivity contribution in [3.05, 3.63) is 50.4 Å². The lowest BCUT2D eigenvalue weighted by atomic mass is 9.96. The number of carbonyl (C=O) groups is 1. The Balaban J connectivity index is 2.26. The lowest BCUT2D eigenvalue weighted by molar-refractivity contribution is -0.138. The van der Waals surface area contributed by atoms with E-state index in [0.717, 1.165) is 21.1 Å². The van der Waals surface area contributed by atoms with Crippen molar-refractivity contribution in [1.29, 1.82) is 0 Å². The standard InChI is InChI=1S/C14H14ClNO2S/c1-8-9(2)19-13(16-8)7-12(14(17)18)10-3-5-11(15)6-4-10/h3-6,12H,7H2,1-2H3,(H,17,18). The third-order valence-corrected chi connectivity index (χ3v) is 4.37. The first-order valence-corrected chi connectivity index (χ1v) is 7.08. The predicted octanol–water partition coefficient (Wildman–Crippen LogP) is 3.82. The average Bonchev–Trinajstić information content (AvgIpc) is 2.67. The van der Waals surface area contributed by atoms with Crippen LogP contribution in [-0.2, 0) is 11.2 Å². The Bertz CT molecular complexity index is 572. The topological polar surface area (TPSA) is 50.2 Å². The van der Waals surface area contributed by atoms with Gasteiger partial charge in [-0.05, 0) is 31.5 Å². The predicted molar refractivity (Wildman–Crippen MR) is 77.1 cm³/mol. The number of hydrogen-bond acceptors (Lipinski definition) is 3. The number of aliphatic carboxylic acids is 1. The number of aryl methyl sites for hydroxylation is 2. The number of halogens is 1. The summed E-state index contributed by atoms with van der Waals surface area (Å²) in [6.45, 7) is 3.93. The highest BCUT2D eigenvalue weighted by atomic mass is 35.5. The van der Waals surface area contributed by atoms with E-state index in [2.05, 4.69) is 4.98 Å². The minimum atomic E-state index is -0.840. The highest BCUT2D eigenvalue weighted by Crippen LogP contribution is 2.26. The van der Waals surface area contributed by atoms with Gasteiger partial charge < -0.3 is 5.11 Å². The Morgan fingerprint density at radius 2 is 2.00 bits per heavy atom. The molecular formula is C14H14ClNO2S. The van der Waals surface area contributed by atoms with Gasteiger partial charge in [-0.25, -0.2) is 4.98 Å². The van der Waals surface area contributed by atoms with Crippen LogP contribution in [0, 0.1) is 13.8 Å². The van der Waals surface area contributed by atoms with Gasteiger partial charge in [0, 0.05) is 16.3 Å². The zero-order chi connectivity index (χ0) is 14.0. The van der Waals surface area contributed by atoms with Gasteiger partial charge in [0.25, 0.3) is 0 Å². The van der Waals surface area contributed by atoms with Gasteiger partial charge in [-0.1, -0.05) is 23.7 Å². The van der Waals surface area contributed by atoms with Gasteiger partial charge in [0.1, 0.15) is 0 Å². The second-order valence-corrected chi connectivity index (χ2v) is 6.12. The Labute approximate surface area is 120 Å². The van der Waals surface area contributed by atoms with Crippen LogP contribution >= 0.6 is 22.9 Å². The first kappa shape index (κ1) is 14.0. The minimum Gasteiger partial charge on any atom is -0.481 e. The summed E-state index contributed by atoms with van der Waals surface area (Å²) in [5.41, 5.74) is 1.72. The zero-order valence-electron chi connectivity index (χ0n) is 10.7. The molecule has 100 valence electrons. The molecular weight excluding hydrogens is 282 g/mol. The molecule has 5 heteroatoms. The Kier molecular flexibility index (Phi) is 4.22. The molecule has 1 atom stereocenters. The second kappa shape index (κ2) is 5.72. The minimum absolute atomic E-state index is 0.413. The van der Waals surface area contributed by atoms with Crippen LogP contribution in [0.3, 0.4) is 0 Å². The number of hydrogen-bond donors (Lipinski definition) is 1. The van der Waals surface area contributed by atoms with Crippen molar-refractivity contribution in [2.45, 2.75) is 26.2 Å². The summed E-state index contributed by atoms with van der Waals surface area (Å²) in [5, 5.41) is 10.8. The van der Waals surface area contributed by atoms with E-state index >= 15 is 0 Å². The Morgan fingerprint density at radius 3 is 2.47 bits per heavy atom. The second-order valence-electron chi connectivity index (χ2n) is 4.40. The summed E-state index contributed by atoms with van der Waals surface area (Å²) in [5.74, 6) is -1.42. The molecule has 3 nitrogen and oxygen atoms in total. The number of benzene rings is 1. The maximum atomic E-state index is 11.4. The number of carboxylic acid groups (broad SMARTS) is 1. The third-order valence-electron chi connectivity index (χ3n) is 3.02. The number of carboxylic acids is 1. The Morgan fingerprint density at radius 1 is 1.37 bits per heavy atom. The van der Waals surface area contributed by atoms with Crippen LogP contribution in [0.4, 0.5) is 0 Å². The summed E-state index contributed by atoms with van der Waals surface area (Å²) in [7, 11) is 0. The summed E-state index contributed by atoms with van der Waals surface area (Å²) in [6.07, 6.45) is 0.413. The van der Waals surface area contributed by atoms with Crippen LogP contribution in [0.5, 0.6) is 0 Å². The fraction of sp³-hybridized carbons (Fsp3) is 0.286. The van der Waals surface area contributed by atoms with Crippen LogP contribution in [0.1, 0.15) is 27.1 Å². The van der Waals surface area contributed by atoms with Crippen LogP contribution in [0.2, 0.25) is 5.02 Å². The largest absolute Gasteiger partial charge is 0.481 e. The van der Waals surface area contributed by atoms with Crippen molar-refractivity contribution in [2.24, 2.45) is 0 Å². The smallest absolute Gasteiger partial charge is 0.311 e. The summed E-state index contributed by atoms with van der Waals surface area (Å²) >= 11 is 7.38. The van der Waals surface area contributed by atoms with Crippen LogP contribution in [0.25, 0.3) is 0 Å². The molecule has 1 heterocycles. The first-order valence-electron chi connectivity index (χ1n) is 5.88. The number of aromatic nitrogens is 1. The molecule has 0 saturated heterocycles. The van der Waals surface area contributed by atoms with E-state index in [-0.39, 0.29) is 0 Å². The van der Waals surface area contributed by atoms with Gasteiger partial charge in [0.15, 0.2) is 0 Å². The van der Waals surface area contributed by atoms with Crippen molar-refractivity contribution in [1.82, 2.24) is 4.98 Å². The van der Waals surface area contributed by atoms with E-state index in [0.29, 0.717) is 11.4 Å². The summed E-state index contributed by atoms with van der Waals surface area (Å²) in [4.78, 5) is 17.0. The fourth-order valence-corrected chi connectivity index (χ4v) is 2.95. The molecule has 1 aromatic heterocycles.